The second kappa shape index (κ2) is 9.28. The summed E-state index contributed by atoms with van der Waals surface area (Å²) in [5.74, 6) is 0.630. The van der Waals surface area contributed by atoms with Crippen LogP contribution in [0.25, 0.3) is 0 Å². The highest BCUT2D eigenvalue weighted by molar-refractivity contribution is 7.89. The predicted molar refractivity (Wildman–Crippen MR) is 121 cm³/mol. The van der Waals surface area contributed by atoms with Gasteiger partial charge in [-0.3, -0.25) is 4.90 Å². The molecule has 1 saturated heterocycles. The van der Waals surface area contributed by atoms with Gasteiger partial charge >= 0.3 is 0 Å². The number of rotatable bonds is 6. The molecule has 6 nitrogen and oxygen atoms in total. The van der Waals surface area contributed by atoms with Crippen molar-refractivity contribution in [1.29, 1.82) is 0 Å². The maximum Gasteiger partial charge on any atom is 0.240 e. The smallest absolute Gasteiger partial charge is 0.240 e. The van der Waals surface area contributed by atoms with Crippen molar-refractivity contribution in [2.45, 2.75) is 61.1 Å². The number of sulfonamides is 1. The molecule has 0 aromatic heterocycles. The lowest BCUT2D eigenvalue weighted by Gasteiger charge is -2.48. The molecule has 7 heteroatoms. The number of likely N-dealkylation sites (tertiary alicyclic amines) is 1. The number of aliphatic hydroxyl groups is 1. The van der Waals surface area contributed by atoms with Gasteiger partial charge in [0.15, 0.2) is 0 Å². The molecule has 0 radical (unpaired) electrons. The molecule has 2 N–H and O–H groups in total. The number of benzene rings is 2. The first-order chi connectivity index (χ1) is 14.9. The fourth-order valence-corrected chi connectivity index (χ4v) is 6.36. The van der Waals surface area contributed by atoms with E-state index in [4.69, 9.17) is 4.74 Å². The molecule has 1 heterocycles. The minimum atomic E-state index is -3.57. The van der Waals surface area contributed by atoms with Gasteiger partial charge in [-0.2, -0.15) is 0 Å². The van der Waals surface area contributed by atoms with Crippen LogP contribution in [0.1, 0.15) is 44.1 Å². The number of ether oxygens (including phenoxy) is 1. The van der Waals surface area contributed by atoms with Crippen LogP contribution >= 0.6 is 0 Å². The molecule has 2 fully saturated rings. The summed E-state index contributed by atoms with van der Waals surface area (Å²) in [7, 11) is -2.01. The maximum absolute atomic E-state index is 12.8. The monoisotopic (exact) mass is 444 g/mol. The van der Waals surface area contributed by atoms with Crippen LogP contribution < -0.4 is 9.46 Å². The highest BCUT2D eigenvalue weighted by atomic mass is 32.2. The molecule has 1 aliphatic heterocycles. The van der Waals surface area contributed by atoms with E-state index >= 15 is 0 Å². The molecule has 2 aromatic carbocycles. The first kappa shape index (κ1) is 22.3. The third-order valence-electron chi connectivity index (χ3n) is 6.77. The lowest BCUT2D eigenvalue weighted by atomic mass is 9.74. The molecule has 2 aromatic rings. The fourth-order valence-electron chi connectivity index (χ4n) is 5.06. The zero-order chi connectivity index (χ0) is 21.9. The van der Waals surface area contributed by atoms with Crippen molar-refractivity contribution in [2.24, 2.45) is 0 Å². The molecule has 2 atom stereocenters. The molecule has 2 aliphatic rings. The number of piperidine rings is 1. The molecular weight excluding hydrogens is 412 g/mol. The van der Waals surface area contributed by atoms with E-state index in [2.05, 4.69) is 9.62 Å². The maximum atomic E-state index is 12.8. The fraction of sp³-hybridized carbons (Fsp3) is 0.500. The summed E-state index contributed by atoms with van der Waals surface area (Å²) in [6.45, 7) is 1.55. The second-order valence-corrected chi connectivity index (χ2v) is 10.4. The normalized spacial score (nSPS) is 25.9. The molecule has 31 heavy (non-hydrogen) atoms. The van der Waals surface area contributed by atoms with Crippen LogP contribution in [0.2, 0.25) is 0 Å². The van der Waals surface area contributed by atoms with Crippen LogP contribution in [-0.4, -0.2) is 50.7 Å². The van der Waals surface area contributed by atoms with Crippen LogP contribution in [0.4, 0.5) is 0 Å². The second-order valence-electron chi connectivity index (χ2n) is 8.66. The average molecular weight is 445 g/mol. The van der Waals surface area contributed by atoms with Gasteiger partial charge in [0.25, 0.3) is 0 Å². The van der Waals surface area contributed by atoms with Crippen LogP contribution in [0, 0.1) is 0 Å². The summed E-state index contributed by atoms with van der Waals surface area (Å²) in [6.07, 6.45) is 5.34. The topological polar surface area (TPSA) is 78.9 Å². The van der Waals surface area contributed by atoms with Gasteiger partial charge < -0.3 is 9.84 Å². The molecule has 2 unspecified atom stereocenters. The van der Waals surface area contributed by atoms with Crippen molar-refractivity contribution >= 4 is 10.0 Å². The Morgan fingerprint density at radius 3 is 2.32 bits per heavy atom. The Morgan fingerprint density at radius 2 is 1.68 bits per heavy atom. The number of hydrogen-bond acceptors (Lipinski definition) is 5. The number of nitrogens with one attached hydrogen (secondary N) is 1. The largest absolute Gasteiger partial charge is 0.497 e. The third-order valence-corrected chi connectivity index (χ3v) is 8.31. The zero-order valence-corrected chi connectivity index (χ0v) is 18.9. The molecular formula is C24H32N2O4S. The van der Waals surface area contributed by atoms with Gasteiger partial charge in [-0.15, -0.1) is 0 Å². The molecule has 1 aliphatic carbocycles. The van der Waals surface area contributed by atoms with Gasteiger partial charge in [0.05, 0.1) is 12.0 Å². The van der Waals surface area contributed by atoms with Crippen LogP contribution in [0.15, 0.2) is 59.5 Å². The Labute approximate surface area is 185 Å². The lowest BCUT2D eigenvalue weighted by molar-refractivity contribution is -0.0853. The SMILES string of the molecule is COc1ccc(S(=O)(=O)NC2CCN(C3CCCCC3(O)c3ccccc3)CC2)cc1. The Morgan fingerprint density at radius 1 is 1.00 bits per heavy atom. The molecule has 168 valence electrons. The predicted octanol–water partition coefficient (Wildman–Crippen LogP) is 3.27. The average Bonchev–Trinajstić information content (AvgIpc) is 2.80. The van der Waals surface area contributed by atoms with E-state index < -0.39 is 15.6 Å². The van der Waals surface area contributed by atoms with E-state index in [0.29, 0.717) is 5.75 Å². The molecule has 0 spiro atoms. The van der Waals surface area contributed by atoms with Crippen LogP contribution in [0.5, 0.6) is 5.75 Å². The molecule has 0 bridgehead atoms. The minimum Gasteiger partial charge on any atom is -0.497 e. The van der Waals surface area contributed by atoms with Gasteiger partial charge in [-0.25, -0.2) is 13.1 Å². The van der Waals surface area contributed by atoms with Crippen molar-refractivity contribution < 1.29 is 18.3 Å². The summed E-state index contributed by atoms with van der Waals surface area (Å²) in [6, 6.07) is 16.4. The van der Waals surface area contributed by atoms with E-state index in [9.17, 15) is 13.5 Å². The van der Waals surface area contributed by atoms with Crippen molar-refractivity contribution in [3.8, 4) is 5.75 Å². The van der Waals surface area contributed by atoms with E-state index in [0.717, 1.165) is 57.2 Å². The van der Waals surface area contributed by atoms with Gasteiger partial charge in [-0.1, -0.05) is 43.2 Å². The lowest BCUT2D eigenvalue weighted by Crippen LogP contribution is -2.56. The Bertz CT molecular complexity index is 957. The zero-order valence-electron chi connectivity index (χ0n) is 18.0. The Hall–Kier alpha value is -1.93. The summed E-state index contributed by atoms with van der Waals surface area (Å²) in [5.41, 5.74) is 0.150. The van der Waals surface area contributed by atoms with Crippen molar-refractivity contribution in [3.05, 3.63) is 60.2 Å². The Balaban J connectivity index is 1.40. The first-order valence-corrected chi connectivity index (χ1v) is 12.6. The minimum absolute atomic E-state index is 0.0720. The number of nitrogens with zero attached hydrogens (tertiary/aromatic N) is 1. The summed E-state index contributed by atoms with van der Waals surface area (Å²) < 4.78 is 33.5. The van der Waals surface area contributed by atoms with Crippen molar-refractivity contribution in [2.75, 3.05) is 20.2 Å². The highest BCUT2D eigenvalue weighted by Gasteiger charge is 2.44. The third kappa shape index (κ3) is 4.80. The van der Waals surface area contributed by atoms with Crippen molar-refractivity contribution in [1.82, 2.24) is 9.62 Å². The highest BCUT2D eigenvalue weighted by Crippen LogP contribution is 2.40. The van der Waals surface area contributed by atoms with Crippen molar-refractivity contribution in [3.63, 3.8) is 0 Å². The van der Waals surface area contributed by atoms with Crippen LogP contribution in [0.3, 0.4) is 0 Å². The molecule has 1 saturated carbocycles. The van der Waals surface area contributed by atoms with Gasteiger partial charge in [0.2, 0.25) is 10.0 Å². The van der Waals surface area contributed by atoms with E-state index in [1.165, 1.54) is 0 Å². The standard InChI is InChI=1S/C24H32N2O4S/c1-30-21-10-12-22(13-11-21)31(28,29)25-20-14-17-26(18-15-20)23-9-5-6-16-24(23,27)19-7-3-2-4-8-19/h2-4,7-8,10-13,20,23,25,27H,5-6,9,14-18H2,1H3. The van der Waals surface area contributed by atoms with Gasteiger partial charge in [-0.05, 0) is 55.5 Å². The first-order valence-electron chi connectivity index (χ1n) is 11.1. The van der Waals surface area contributed by atoms with E-state index in [-0.39, 0.29) is 17.0 Å². The number of hydrogen-bond donors (Lipinski definition) is 2. The molecule has 0 amide bonds. The summed E-state index contributed by atoms with van der Waals surface area (Å²) in [4.78, 5) is 2.62. The van der Waals surface area contributed by atoms with E-state index in [1.807, 2.05) is 30.3 Å². The number of methoxy groups -OCH3 is 1. The van der Waals surface area contributed by atoms with Gasteiger partial charge in [0.1, 0.15) is 11.4 Å². The quantitative estimate of drug-likeness (QED) is 0.715. The van der Waals surface area contributed by atoms with Gasteiger partial charge in [0, 0.05) is 25.2 Å². The Kier molecular flexibility index (Phi) is 6.67. The summed E-state index contributed by atoms with van der Waals surface area (Å²) >= 11 is 0. The summed E-state index contributed by atoms with van der Waals surface area (Å²) in [5, 5.41) is 11.6. The van der Waals surface area contributed by atoms with Crippen LogP contribution in [-0.2, 0) is 15.6 Å². The van der Waals surface area contributed by atoms with E-state index in [1.54, 1.807) is 31.4 Å². The molecule has 4 rings (SSSR count).